The molecule has 1 amide bonds. The fourth-order valence-electron chi connectivity index (χ4n) is 2.04. The molecule has 0 bridgehead atoms. The van der Waals surface area contributed by atoms with Crippen molar-refractivity contribution in [3.8, 4) is 0 Å². The maximum atomic E-state index is 11.8. The maximum absolute atomic E-state index is 11.8. The molecule has 1 aromatic heterocycles. The van der Waals surface area contributed by atoms with Gasteiger partial charge in [-0.3, -0.25) is 14.8 Å². The van der Waals surface area contributed by atoms with Crippen molar-refractivity contribution < 1.29 is 9.53 Å². The molecule has 0 aliphatic carbocycles. The third-order valence-corrected chi connectivity index (χ3v) is 3.29. The Morgan fingerprint density at radius 3 is 2.85 bits per heavy atom. The van der Waals surface area contributed by atoms with E-state index in [2.05, 4.69) is 25.4 Å². The number of hydrogen-bond donors (Lipinski definition) is 2. The number of carbonyl (C=O) groups is 1. The van der Waals surface area contributed by atoms with Crippen LogP contribution in [0.25, 0.3) is 0 Å². The number of amides is 1. The summed E-state index contributed by atoms with van der Waals surface area (Å²) in [6.07, 6.45) is 0.924. The minimum Gasteiger partial charge on any atom is -0.379 e. The fourth-order valence-corrected chi connectivity index (χ4v) is 2.04. The Morgan fingerprint density at radius 1 is 1.45 bits per heavy atom. The fraction of sp³-hybridized carbons (Fsp3) is 0.769. The van der Waals surface area contributed by atoms with Gasteiger partial charge in [-0.15, -0.1) is 5.10 Å². The topological polar surface area (TPSA) is 83.1 Å². The quantitative estimate of drug-likeness (QED) is 0.737. The number of ether oxygens (including phenoxy) is 1. The molecule has 0 atom stereocenters. The van der Waals surface area contributed by atoms with Crippen LogP contribution in [0.1, 0.15) is 42.6 Å². The van der Waals surface area contributed by atoms with Crippen molar-refractivity contribution in [2.75, 3.05) is 39.4 Å². The standard InChI is InChI=1S/C13H23N5O2/c1-10(2)11-15-12(17-16-11)13(19)14-4-3-5-18-6-8-20-9-7-18/h10H,3-9H2,1-2H3,(H,14,19)(H,15,16,17). The van der Waals surface area contributed by atoms with E-state index in [1.807, 2.05) is 13.8 Å². The van der Waals surface area contributed by atoms with Crippen molar-refractivity contribution in [1.29, 1.82) is 0 Å². The third-order valence-electron chi connectivity index (χ3n) is 3.29. The van der Waals surface area contributed by atoms with E-state index in [1.54, 1.807) is 0 Å². The van der Waals surface area contributed by atoms with Gasteiger partial charge in [0.2, 0.25) is 5.82 Å². The van der Waals surface area contributed by atoms with Gasteiger partial charge < -0.3 is 10.1 Å². The third kappa shape index (κ3) is 4.28. The van der Waals surface area contributed by atoms with E-state index in [-0.39, 0.29) is 17.6 Å². The van der Waals surface area contributed by atoms with E-state index in [9.17, 15) is 4.79 Å². The number of H-pyrrole nitrogens is 1. The molecule has 1 saturated heterocycles. The lowest BCUT2D eigenvalue weighted by Crippen LogP contribution is -2.38. The SMILES string of the molecule is CC(C)c1nc(C(=O)NCCCN2CCOCC2)n[nH]1. The van der Waals surface area contributed by atoms with Crippen molar-refractivity contribution in [2.45, 2.75) is 26.2 Å². The molecule has 2 N–H and O–H groups in total. The maximum Gasteiger partial charge on any atom is 0.290 e. The van der Waals surface area contributed by atoms with Gasteiger partial charge >= 0.3 is 0 Å². The van der Waals surface area contributed by atoms with E-state index < -0.39 is 0 Å². The van der Waals surface area contributed by atoms with Crippen LogP contribution in [0.4, 0.5) is 0 Å². The Hall–Kier alpha value is -1.47. The monoisotopic (exact) mass is 281 g/mol. The lowest BCUT2D eigenvalue weighted by molar-refractivity contribution is 0.0374. The minimum absolute atomic E-state index is 0.213. The van der Waals surface area contributed by atoms with Crippen molar-refractivity contribution in [3.05, 3.63) is 11.6 Å². The summed E-state index contributed by atoms with van der Waals surface area (Å²) < 4.78 is 5.29. The van der Waals surface area contributed by atoms with Gasteiger partial charge in [0.25, 0.3) is 5.91 Å². The Morgan fingerprint density at radius 2 is 2.20 bits per heavy atom. The highest BCUT2D eigenvalue weighted by Gasteiger charge is 2.14. The van der Waals surface area contributed by atoms with Gasteiger partial charge in [0, 0.05) is 25.6 Å². The second kappa shape index (κ2) is 7.35. The first kappa shape index (κ1) is 14.9. The van der Waals surface area contributed by atoms with Gasteiger partial charge in [0.1, 0.15) is 5.82 Å². The number of nitrogens with zero attached hydrogens (tertiary/aromatic N) is 3. The van der Waals surface area contributed by atoms with Gasteiger partial charge in [-0.1, -0.05) is 13.8 Å². The second-order valence-corrected chi connectivity index (χ2v) is 5.26. The molecule has 1 fully saturated rings. The van der Waals surface area contributed by atoms with E-state index in [4.69, 9.17) is 4.74 Å². The molecule has 20 heavy (non-hydrogen) atoms. The number of hydrogen-bond acceptors (Lipinski definition) is 5. The summed E-state index contributed by atoms with van der Waals surface area (Å²) in [5.74, 6) is 0.990. The van der Waals surface area contributed by atoms with Gasteiger partial charge in [0.05, 0.1) is 13.2 Å². The Kier molecular flexibility index (Phi) is 5.49. The summed E-state index contributed by atoms with van der Waals surface area (Å²) in [5, 5.41) is 9.56. The Bertz CT molecular complexity index is 426. The molecule has 2 heterocycles. The minimum atomic E-state index is -0.213. The first-order valence-corrected chi connectivity index (χ1v) is 7.17. The highest BCUT2D eigenvalue weighted by Crippen LogP contribution is 2.07. The molecule has 0 unspecified atom stereocenters. The summed E-state index contributed by atoms with van der Waals surface area (Å²) in [4.78, 5) is 18.4. The zero-order chi connectivity index (χ0) is 14.4. The molecule has 7 nitrogen and oxygen atoms in total. The van der Waals surface area contributed by atoms with Gasteiger partial charge in [0.15, 0.2) is 0 Å². The second-order valence-electron chi connectivity index (χ2n) is 5.26. The van der Waals surface area contributed by atoms with E-state index in [1.165, 1.54) is 0 Å². The van der Waals surface area contributed by atoms with Crippen LogP contribution < -0.4 is 5.32 Å². The van der Waals surface area contributed by atoms with E-state index in [0.717, 1.165) is 45.1 Å². The lowest BCUT2D eigenvalue weighted by atomic mass is 10.2. The van der Waals surface area contributed by atoms with Crippen LogP contribution in [0.3, 0.4) is 0 Å². The summed E-state index contributed by atoms with van der Waals surface area (Å²) in [6.45, 7) is 9.20. The average Bonchev–Trinajstić information content (AvgIpc) is 2.94. The number of nitrogens with one attached hydrogen (secondary N) is 2. The van der Waals surface area contributed by atoms with Crippen LogP contribution in [-0.2, 0) is 4.74 Å². The zero-order valence-electron chi connectivity index (χ0n) is 12.2. The van der Waals surface area contributed by atoms with Gasteiger partial charge in [-0.2, -0.15) is 0 Å². The van der Waals surface area contributed by atoms with Crippen LogP contribution in [0.15, 0.2) is 0 Å². The predicted octanol–water partition coefficient (Wildman–Crippen LogP) is 0.380. The molecule has 1 aromatic rings. The largest absolute Gasteiger partial charge is 0.379 e. The average molecular weight is 281 g/mol. The Labute approximate surface area is 119 Å². The summed E-state index contributed by atoms with van der Waals surface area (Å²) in [5.41, 5.74) is 0. The number of aromatic amines is 1. The first-order chi connectivity index (χ1) is 9.66. The smallest absolute Gasteiger partial charge is 0.290 e. The number of rotatable bonds is 6. The molecule has 0 radical (unpaired) electrons. The van der Waals surface area contributed by atoms with Crippen LogP contribution in [0.5, 0.6) is 0 Å². The molecule has 0 spiro atoms. The molecular formula is C13H23N5O2. The van der Waals surface area contributed by atoms with Crippen LogP contribution in [0, 0.1) is 0 Å². The first-order valence-electron chi connectivity index (χ1n) is 7.17. The highest BCUT2D eigenvalue weighted by molar-refractivity contribution is 5.90. The summed E-state index contributed by atoms with van der Waals surface area (Å²) in [7, 11) is 0. The predicted molar refractivity (Wildman–Crippen MR) is 74.7 cm³/mol. The lowest BCUT2D eigenvalue weighted by Gasteiger charge is -2.26. The Balaban J connectivity index is 1.66. The number of carbonyl (C=O) groups excluding carboxylic acids is 1. The molecule has 0 aromatic carbocycles. The molecular weight excluding hydrogens is 258 g/mol. The molecule has 1 aliphatic heterocycles. The number of aromatic nitrogens is 3. The summed E-state index contributed by atoms with van der Waals surface area (Å²) >= 11 is 0. The van der Waals surface area contributed by atoms with Crippen LogP contribution in [0.2, 0.25) is 0 Å². The number of morpholine rings is 1. The van der Waals surface area contributed by atoms with Crippen molar-refractivity contribution in [3.63, 3.8) is 0 Å². The van der Waals surface area contributed by atoms with E-state index in [0.29, 0.717) is 6.54 Å². The van der Waals surface area contributed by atoms with Crippen molar-refractivity contribution in [1.82, 2.24) is 25.4 Å². The molecule has 0 saturated carbocycles. The van der Waals surface area contributed by atoms with E-state index >= 15 is 0 Å². The molecule has 1 aliphatic rings. The van der Waals surface area contributed by atoms with Gasteiger partial charge in [-0.25, -0.2) is 4.98 Å². The molecule has 7 heteroatoms. The normalized spacial score (nSPS) is 16.6. The molecule has 2 rings (SSSR count). The van der Waals surface area contributed by atoms with Crippen molar-refractivity contribution in [2.24, 2.45) is 0 Å². The van der Waals surface area contributed by atoms with Crippen LogP contribution >= 0.6 is 0 Å². The van der Waals surface area contributed by atoms with Gasteiger partial charge in [-0.05, 0) is 13.0 Å². The summed E-state index contributed by atoms with van der Waals surface area (Å²) in [6, 6.07) is 0. The molecule has 112 valence electrons. The highest BCUT2D eigenvalue weighted by atomic mass is 16.5. The zero-order valence-corrected chi connectivity index (χ0v) is 12.2. The van der Waals surface area contributed by atoms with Crippen molar-refractivity contribution >= 4 is 5.91 Å². The van der Waals surface area contributed by atoms with Crippen LogP contribution in [-0.4, -0.2) is 65.4 Å².